The number of hydrogen-bond donors (Lipinski definition) is 3. The molecule has 1 saturated heterocycles. The second-order valence-electron chi connectivity index (χ2n) is 17.0. The van der Waals surface area contributed by atoms with Crippen LogP contribution in [0.5, 0.6) is 0 Å². The first-order chi connectivity index (χ1) is 25.8. The molecule has 1 unspecified atom stereocenters. The van der Waals surface area contributed by atoms with E-state index in [1.165, 1.54) is 0 Å². The first kappa shape index (κ1) is 47.6. The SMILES string of the molecule is CC[C@H](C)[C@@H]([C@H](C)CC(=O)N1CCC[C@H]1[C@H](OC)[C@@H](C)C(=O)N[C@@H](Cc1ccccc1)CC(C)C(=O)O)N(C)C(=O)[C@@H](NC(=O)[C@H](C(C)C)N(C)C)C(C)C. The highest BCUT2D eigenvalue weighted by Crippen LogP contribution is 2.31. The molecule has 1 aromatic carbocycles. The lowest BCUT2D eigenvalue weighted by Gasteiger charge is -2.40. The lowest BCUT2D eigenvalue weighted by molar-refractivity contribution is -0.144. The molecule has 2 rings (SSSR count). The lowest BCUT2D eigenvalue weighted by atomic mass is 9.84. The zero-order valence-electron chi connectivity index (χ0n) is 36.0. The summed E-state index contributed by atoms with van der Waals surface area (Å²) in [6, 6.07) is 7.62. The van der Waals surface area contributed by atoms with Gasteiger partial charge in [-0.1, -0.05) is 99.1 Å². The highest BCUT2D eigenvalue weighted by atomic mass is 16.5. The summed E-state index contributed by atoms with van der Waals surface area (Å²) in [6.07, 6.45) is 2.68. The van der Waals surface area contributed by atoms with Gasteiger partial charge in [0.15, 0.2) is 0 Å². The molecule has 1 aromatic rings. The number of carboxylic acids is 1. The molecule has 312 valence electrons. The highest BCUT2D eigenvalue weighted by molar-refractivity contribution is 5.90. The Morgan fingerprint density at radius 1 is 0.891 bits per heavy atom. The second kappa shape index (κ2) is 22.3. The summed E-state index contributed by atoms with van der Waals surface area (Å²) in [7, 11) is 7.08. The fourth-order valence-corrected chi connectivity index (χ4v) is 8.57. The number of carboxylic acid groups (broad SMARTS) is 1. The molecule has 1 heterocycles. The molecule has 0 saturated carbocycles. The smallest absolute Gasteiger partial charge is 0.306 e. The van der Waals surface area contributed by atoms with Crippen LogP contribution in [0.15, 0.2) is 30.3 Å². The molecule has 0 spiro atoms. The average molecular weight is 772 g/mol. The van der Waals surface area contributed by atoms with Crippen molar-refractivity contribution in [3.63, 3.8) is 0 Å². The summed E-state index contributed by atoms with van der Waals surface area (Å²) in [5.41, 5.74) is 1.000. The Hall–Kier alpha value is -3.51. The predicted molar refractivity (Wildman–Crippen MR) is 217 cm³/mol. The van der Waals surface area contributed by atoms with Crippen LogP contribution in [-0.4, -0.2) is 121 Å². The van der Waals surface area contributed by atoms with Crippen molar-refractivity contribution in [1.82, 2.24) is 25.3 Å². The number of carbonyl (C=O) groups is 5. The minimum atomic E-state index is -0.915. The lowest BCUT2D eigenvalue weighted by Crippen LogP contribution is -2.58. The van der Waals surface area contributed by atoms with E-state index in [1.807, 2.05) is 88.8 Å². The largest absolute Gasteiger partial charge is 0.481 e. The third kappa shape index (κ3) is 13.3. The summed E-state index contributed by atoms with van der Waals surface area (Å²) in [6.45, 7) is 18.0. The number of benzene rings is 1. The number of carbonyl (C=O) groups excluding carboxylic acids is 4. The van der Waals surface area contributed by atoms with E-state index in [0.717, 1.165) is 18.4 Å². The van der Waals surface area contributed by atoms with Crippen molar-refractivity contribution in [1.29, 1.82) is 0 Å². The van der Waals surface area contributed by atoms with Gasteiger partial charge in [-0.05, 0) is 69.0 Å². The highest BCUT2D eigenvalue weighted by Gasteiger charge is 2.42. The molecule has 0 aromatic heterocycles. The Morgan fingerprint density at radius 2 is 1.51 bits per heavy atom. The Labute approximate surface area is 331 Å². The fraction of sp³-hybridized carbons (Fsp3) is 0.744. The first-order valence-corrected chi connectivity index (χ1v) is 20.4. The Morgan fingerprint density at radius 3 is 2.02 bits per heavy atom. The molecule has 0 radical (unpaired) electrons. The summed E-state index contributed by atoms with van der Waals surface area (Å²) < 4.78 is 5.98. The van der Waals surface area contributed by atoms with Crippen LogP contribution in [-0.2, 0) is 35.1 Å². The molecule has 10 atom stereocenters. The molecule has 1 aliphatic rings. The van der Waals surface area contributed by atoms with Gasteiger partial charge in [0, 0.05) is 39.2 Å². The summed E-state index contributed by atoms with van der Waals surface area (Å²) in [4.78, 5) is 72.8. The molecule has 3 N–H and O–H groups in total. The number of amides is 4. The van der Waals surface area contributed by atoms with E-state index in [4.69, 9.17) is 4.74 Å². The van der Waals surface area contributed by atoms with Gasteiger partial charge in [-0.25, -0.2) is 0 Å². The van der Waals surface area contributed by atoms with Crippen LogP contribution in [0.3, 0.4) is 0 Å². The van der Waals surface area contributed by atoms with E-state index >= 15 is 0 Å². The molecule has 4 amide bonds. The van der Waals surface area contributed by atoms with Crippen LogP contribution in [0, 0.1) is 35.5 Å². The normalized spacial score (nSPS) is 19.6. The van der Waals surface area contributed by atoms with Crippen molar-refractivity contribution in [3.05, 3.63) is 35.9 Å². The van der Waals surface area contributed by atoms with E-state index in [1.54, 1.807) is 32.9 Å². The maximum absolute atomic E-state index is 14.2. The van der Waals surface area contributed by atoms with E-state index in [9.17, 15) is 29.1 Å². The monoisotopic (exact) mass is 772 g/mol. The standard InChI is InChI=1S/C43H73N5O7/c1-14-28(6)38(47(12)42(52)36(26(2)3)45-41(51)37(27(4)5)46(10)11)29(7)24-35(49)48-22-18-21-34(48)39(55-13)31(9)40(50)44-33(23-30(8)43(53)54)25-32-19-16-15-17-20-32/h15-17,19-20,26-31,33-34,36-39H,14,18,21-25H2,1-13H3,(H,44,50)(H,45,51)(H,53,54)/t28-,29+,30?,31+,33+,34-,36-,37-,38-,39+/m0/s1. The number of nitrogens with one attached hydrogen (secondary N) is 2. The van der Waals surface area contributed by atoms with Gasteiger partial charge in [0.2, 0.25) is 23.6 Å². The van der Waals surface area contributed by atoms with Gasteiger partial charge < -0.3 is 30.3 Å². The maximum atomic E-state index is 14.2. The molecule has 12 nitrogen and oxygen atoms in total. The topological polar surface area (TPSA) is 149 Å². The number of hydrogen-bond acceptors (Lipinski definition) is 7. The number of likely N-dealkylation sites (N-methyl/N-ethyl adjacent to an activating group) is 2. The van der Waals surface area contributed by atoms with Crippen molar-refractivity contribution in [2.45, 2.75) is 137 Å². The molecule has 1 fully saturated rings. The molecule has 0 aliphatic carbocycles. The average Bonchev–Trinajstić information content (AvgIpc) is 3.60. The number of aliphatic carboxylic acids is 1. The quantitative estimate of drug-likeness (QED) is 0.148. The van der Waals surface area contributed by atoms with Crippen LogP contribution in [0.25, 0.3) is 0 Å². The molecular weight excluding hydrogens is 699 g/mol. The number of nitrogens with zero attached hydrogens (tertiary/aromatic N) is 3. The van der Waals surface area contributed by atoms with Crippen LogP contribution in [0.1, 0.15) is 100.0 Å². The van der Waals surface area contributed by atoms with E-state index in [0.29, 0.717) is 19.4 Å². The van der Waals surface area contributed by atoms with Crippen molar-refractivity contribution in [3.8, 4) is 0 Å². The fourth-order valence-electron chi connectivity index (χ4n) is 8.57. The van der Waals surface area contributed by atoms with Crippen LogP contribution in [0.2, 0.25) is 0 Å². The minimum absolute atomic E-state index is 0.0458. The number of rotatable bonds is 22. The number of ether oxygens (including phenoxy) is 1. The van der Waals surface area contributed by atoms with Crippen molar-refractivity contribution >= 4 is 29.6 Å². The third-order valence-electron chi connectivity index (χ3n) is 11.7. The van der Waals surface area contributed by atoms with Crippen LogP contribution in [0.4, 0.5) is 0 Å². The Bertz CT molecular complexity index is 1380. The van der Waals surface area contributed by atoms with Gasteiger partial charge in [0.05, 0.1) is 30.0 Å². The van der Waals surface area contributed by atoms with E-state index < -0.39 is 36.0 Å². The number of methoxy groups -OCH3 is 1. The predicted octanol–water partition coefficient (Wildman–Crippen LogP) is 5.09. The summed E-state index contributed by atoms with van der Waals surface area (Å²) in [5.74, 6) is -3.00. The summed E-state index contributed by atoms with van der Waals surface area (Å²) >= 11 is 0. The van der Waals surface area contributed by atoms with E-state index in [-0.39, 0.29) is 78.3 Å². The molecule has 12 heteroatoms. The van der Waals surface area contributed by atoms with Gasteiger partial charge in [-0.2, -0.15) is 0 Å². The zero-order chi connectivity index (χ0) is 41.7. The number of likely N-dealkylation sites (tertiary alicyclic amines) is 1. The second-order valence-corrected chi connectivity index (χ2v) is 17.0. The van der Waals surface area contributed by atoms with Gasteiger partial charge >= 0.3 is 5.97 Å². The van der Waals surface area contributed by atoms with E-state index in [2.05, 4.69) is 24.5 Å². The van der Waals surface area contributed by atoms with Crippen molar-refractivity contribution < 1.29 is 33.8 Å². The van der Waals surface area contributed by atoms with Crippen molar-refractivity contribution in [2.24, 2.45) is 35.5 Å². The van der Waals surface area contributed by atoms with Gasteiger partial charge in [-0.15, -0.1) is 0 Å². The first-order valence-electron chi connectivity index (χ1n) is 20.4. The maximum Gasteiger partial charge on any atom is 0.306 e. The minimum Gasteiger partial charge on any atom is -0.481 e. The van der Waals surface area contributed by atoms with Crippen LogP contribution >= 0.6 is 0 Å². The molecular formula is C43H73N5O7. The zero-order valence-corrected chi connectivity index (χ0v) is 36.0. The third-order valence-corrected chi connectivity index (χ3v) is 11.7. The van der Waals surface area contributed by atoms with Gasteiger partial charge in [0.1, 0.15) is 6.04 Å². The summed E-state index contributed by atoms with van der Waals surface area (Å²) in [5, 5.41) is 15.8. The molecule has 0 bridgehead atoms. The molecule has 1 aliphatic heterocycles. The Kier molecular flexibility index (Phi) is 19.3. The Balaban J connectivity index is 2.25. The van der Waals surface area contributed by atoms with Gasteiger partial charge in [0.25, 0.3) is 0 Å². The van der Waals surface area contributed by atoms with Gasteiger partial charge in [-0.3, -0.25) is 28.9 Å². The van der Waals surface area contributed by atoms with Crippen LogP contribution < -0.4 is 10.6 Å². The molecule has 55 heavy (non-hydrogen) atoms. The van der Waals surface area contributed by atoms with Crippen molar-refractivity contribution in [2.75, 3.05) is 34.8 Å².